The van der Waals surface area contributed by atoms with Crippen molar-refractivity contribution >= 4 is 5.91 Å². The van der Waals surface area contributed by atoms with Crippen molar-refractivity contribution in [2.75, 3.05) is 7.05 Å². The lowest BCUT2D eigenvalue weighted by molar-refractivity contribution is -0.120. The minimum absolute atomic E-state index is 0.0348. The van der Waals surface area contributed by atoms with Crippen molar-refractivity contribution in [2.45, 2.75) is 33.2 Å². The van der Waals surface area contributed by atoms with Crippen LogP contribution in [0.5, 0.6) is 5.75 Å². The number of benzene rings is 1. The predicted molar refractivity (Wildman–Crippen MR) is 99.2 cm³/mol. The molecule has 3 rings (SSSR count). The summed E-state index contributed by atoms with van der Waals surface area (Å²) in [6, 6.07) is 3.48. The molecule has 1 amide bonds. The van der Waals surface area contributed by atoms with Crippen molar-refractivity contribution in [3.63, 3.8) is 0 Å². The molecule has 0 saturated carbocycles. The normalized spacial score (nSPS) is 10.9. The molecule has 7 heteroatoms. The third-order valence-electron chi connectivity index (χ3n) is 4.35. The minimum Gasteiger partial charge on any atom is -0.508 e. The Morgan fingerprint density at radius 3 is 2.69 bits per heavy atom. The number of carbonyl (C=O) groups excluding carboxylic acids is 1. The number of nitrogens with zero attached hydrogens (tertiary/aromatic N) is 4. The van der Waals surface area contributed by atoms with Crippen LogP contribution in [0.15, 0.2) is 36.9 Å². The van der Waals surface area contributed by atoms with E-state index < -0.39 is 0 Å². The standard InChI is InChI=1S/C19H23N5O2/c1-13-9-16(25)10-14(2)18(13)19-21-6-8-24(19)15-11-22-23(12-15)7-4-5-17(26)20-3/h6,8-12,25H,4-5,7H2,1-3H3,(H,20,26). The lowest BCUT2D eigenvalue weighted by Gasteiger charge is -2.12. The predicted octanol–water partition coefficient (Wildman–Crippen LogP) is 2.58. The van der Waals surface area contributed by atoms with E-state index in [0.29, 0.717) is 13.0 Å². The molecule has 136 valence electrons. The molecule has 0 aliphatic carbocycles. The van der Waals surface area contributed by atoms with Gasteiger partial charge in [0.2, 0.25) is 5.91 Å². The maximum atomic E-state index is 11.3. The molecule has 0 aliphatic heterocycles. The zero-order valence-corrected chi connectivity index (χ0v) is 15.2. The molecule has 2 N–H and O–H groups in total. The second-order valence-electron chi connectivity index (χ2n) is 6.31. The number of carbonyl (C=O) groups is 1. The number of hydrogen-bond donors (Lipinski definition) is 2. The monoisotopic (exact) mass is 353 g/mol. The molecule has 0 radical (unpaired) electrons. The maximum absolute atomic E-state index is 11.3. The quantitative estimate of drug-likeness (QED) is 0.713. The smallest absolute Gasteiger partial charge is 0.219 e. The molecule has 2 heterocycles. The molecule has 2 aromatic heterocycles. The van der Waals surface area contributed by atoms with Crippen LogP contribution in [0.1, 0.15) is 24.0 Å². The van der Waals surface area contributed by atoms with Crippen molar-refractivity contribution in [3.05, 3.63) is 48.0 Å². The summed E-state index contributed by atoms with van der Waals surface area (Å²) < 4.78 is 3.81. The van der Waals surface area contributed by atoms with E-state index >= 15 is 0 Å². The summed E-state index contributed by atoms with van der Waals surface area (Å²) in [5, 5.41) is 16.8. The summed E-state index contributed by atoms with van der Waals surface area (Å²) >= 11 is 0. The van der Waals surface area contributed by atoms with Gasteiger partial charge in [0.05, 0.1) is 11.9 Å². The van der Waals surface area contributed by atoms with Gasteiger partial charge in [0.1, 0.15) is 11.6 Å². The van der Waals surface area contributed by atoms with E-state index in [2.05, 4.69) is 15.4 Å². The highest BCUT2D eigenvalue weighted by Crippen LogP contribution is 2.30. The average Bonchev–Trinajstić information content (AvgIpc) is 3.23. The number of hydrogen-bond acceptors (Lipinski definition) is 4. The zero-order chi connectivity index (χ0) is 18.7. The Balaban J connectivity index is 1.85. The second-order valence-corrected chi connectivity index (χ2v) is 6.31. The molecule has 0 spiro atoms. The first-order valence-corrected chi connectivity index (χ1v) is 8.57. The Morgan fingerprint density at radius 2 is 2.00 bits per heavy atom. The van der Waals surface area contributed by atoms with Gasteiger partial charge >= 0.3 is 0 Å². The summed E-state index contributed by atoms with van der Waals surface area (Å²) in [5.41, 5.74) is 3.84. The summed E-state index contributed by atoms with van der Waals surface area (Å²) in [5.74, 6) is 1.10. The van der Waals surface area contributed by atoms with Crippen LogP contribution in [0.25, 0.3) is 17.1 Å². The summed E-state index contributed by atoms with van der Waals surface area (Å²) in [7, 11) is 1.64. The summed E-state index contributed by atoms with van der Waals surface area (Å²) in [6.45, 7) is 4.60. The van der Waals surface area contributed by atoms with Gasteiger partial charge in [0, 0.05) is 44.2 Å². The van der Waals surface area contributed by atoms with Crippen molar-refractivity contribution < 1.29 is 9.90 Å². The van der Waals surface area contributed by atoms with E-state index in [-0.39, 0.29) is 11.7 Å². The lowest BCUT2D eigenvalue weighted by Crippen LogP contribution is -2.17. The molecule has 0 saturated heterocycles. The molecule has 0 unspecified atom stereocenters. The molecule has 0 aliphatic rings. The maximum Gasteiger partial charge on any atom is 0.219 e. The Kier molecular flexibility index (Phi) is 5.06. The van der Waals surface area contributed by atoms with Gasteiger partial charge in [-0.05, 0) is 43.5 Å². The van der Waals surface area contributed by atoms with Crippen molar-refractivity contribution in [1.82, 2.24) is 24.6 Å². The molecule has 0 atom stereocenters. The van der Waals surface area contributed by atoms with E-state index in [0.717, 1.165) is 34.6 Å². The highest BCUT2D eigenvalue weighted by Gasteiger charge is 2.15. The molecule has 26 heavy (non-hydrogen) atoms. The SMILES string of the molecule is CNC(=O)CCCn1cc(-n2ccnc2-c2c(C)cc(O)cc2C)cn1. The van der Waals surface area contributed by atoms with Crippen LogP contribution in [0, 0.1) is 13.8 Å². The van der Waals surface area contributed by atoms with Gasteiger partial charge in [-0.3, -0.25) is 14.0 Å². The van der Waals surface area contributed by atoms with Gasteiger partial charge in [-0.1, -0.05) is 0 Å². The van der Waals surface area contributed by atoms with Crippen molar-refractivity contribution in [2.24, 2.45) is 0 Å². The number of phenolic OH excluding ortho intramolecular Hbond substituents is 1. The summed E-state index contributed by atoms with van der Waals surface area (Å²) in [4.78, 5) is 15.8. The van der Waals surface area contributed by atoms with Crippen molar-refractivity contribution in [3.8, 4) is 22.8 Å². The zero-order valence-electron chi connectivity index (χ0n) is 15.2. The van der Waals surface area contributed by atoms with E-state index in [1.54, 1.807) is 31.6 Å². The van der Waals surface area contributed by atoms with Crippen LogP contribution in [-0.4, -0.2) is 37.4 Å². The van der Waals surface area contributed by atoms with Crippen molar-refractivity contribution in [1.29, 1.82) is 0 Å². The Hall–Kier alpha value is -3.09. The first-order chi connectivity index (χ1) is 12.5. The van der Waals surface area contributed by atoms with Gasteiger partial charge in [-0.2, -0.15) is 5.10 Å². The third-order valence-corrected chi connectivity index (χ3v) is 4.35. The van der Waals surface area contributed by atoms with Crippen LogP contribution in [0.2, 0.25) is 0 Å². The highest BCUT2D eigenvalue weighted by molar-refractivity contribution is 5.75. The number of imidazole rings is 1. The van der Waals surface area contributed by atoms with Gasteiger partial charge < -0.3 is 10.4 Å². The Morgan fingerprint density at radius 1 is 1.27 bits per heavy atom. The Labute approximate surface area is 152 Å². The van der Waals surface area contributed by atoms with Crippen LogP contribution < -0.4 is 5.32 Å². The average molecular weight is 353 g/mol. The lowest BCUT2D eigenvalue weighted by atomic mass is 10.0. The molecular weight excluding hydrogens is 330 g/mol. The van der Waals surface area contributed by atoms with E-state index in [4.69, 9.17) is 0 Å². The number of rotatable bonds is 6. The molecule has 1 aromatic carbocycles. The fourth-order valence-electron chi connectivity index (χ4n) is 3.12. The van der Waals surface area contributed by atoms with Crippen LogP contribution >= 0.6 is 0 Å². The summed E-state index contributed by atoms with van der Waals surface area (Å²) in [6.07, 6.45) is 8.59. The molecule has 7 nitrogen and oxygen atoms in total. The molecular formula is C19H23N5O2. The first-order valence-electron chi connectivity index (χ1n) is 8.57. The Bertz CT molecular complexity index is 903. The fraction of sp³-hybridized carbons (Fsp3) is 0.316. The highest BCUT2D eigenvalue weighted by atomic mass is 16.3. The minimum atomic E-state index is 0.0348. The second kappa shape index (κ2) is 7.43. The number of amides is 1. The van der Waals surface area contributed by atoms with E-state index in [9.17, 15) is 9.90 Å². The molecule has 0 fully saturated rings. The van der Waals surface area contributed by atoms with Gasteiger partial charge in [0.15, 0.2) is 0 Å². The number of aromatic nitrogens is 4. The van der Waals surface area contributed by atoms with E-state index in [1.165, 1.54) is 0 Å². The van der Waals surface area contributed by atoms with Gasteiger partial charge in [0.25, 0.3) is 0 Å². The van der Waals surface area contributed by atoms with Crippen LogP contribution in [0.4, 0.5) is 0 Å². The third kappa shape index (κ3) is 3.61. The van der Waals surface area contributed by atoms with Crippen LogP contribution in [-0.2, 0) is 11.3 Å². The number of aryl methyl sites for hydroxylation is 3. The number of nitrogens with one attached hydrogen (secondary N) is 1. The fourth-order valence-corrected chi connectivity index (χ4v) is 3.12. The number of aromatic hydroxyl groups is 1. The van der Waals surface area contributed by atoms with Gasteiger partial charge in [-0.25, -0.2) is 4.98 Å². The number of phenols is 1. The molecule has 0 bridgehead atoms. The van der Waals surface area contributed by atoms with E-state index in [1.807, 2.05) is 35.5 Å². The van der Waals surface area contributed by atoms with Gasteiger partial charge in [-0.15, -0.1) is 0 Å². The van der Waals surface area contributed by atoms with Crippen LogP contribution in [0.3, 0.4) is 0 Å². The first kappa shape index (κ1) is 17.7. The molecule has 3 aromatic rings. The topological polar surface area (TPSA) is 85.0 Å². The largest absolute Gasteiger partial charge is 0.508 e.